The molecular weight excluding hydrogens is 472 g/mol. The molecule has 2 N–H and O–H groups in total. The summed E-state index contributed by atoms with van der Waals surface area (Å²) in [5.41, 5.74) is 2.23. The van der Waals surface area contributed by atoms with E-state index in [4.69, 9.17) is 18.9 Å². The van der Waals surface area contributed by atoms with Crippen molar-refractivity contribution in [2.75, 3.05) is 6.61 Å². The number of rotatable bonds is 2. The van der Waals surface area contributed by atoms with Gasteiger partial charge in [-0.05, 0) is 57.4 Å². The van der Waals surface area contributed by atoms with E-state index in [1.807, 2.05) is 18.2 Å². The van der Waals surface area contributed by atoms with Gasteiger partial charge >= 0.3 is 5.97 Å². The fraction of sp³-hybridized carbons (Fsp3) is 0.633. The SMILES string of the molecule is C=C1C[C@H](C)C[C@@H]2CC=C[C@@H](C/C=C\C(=O)O[C@@H](/C=C/[C@@H]3CC(C)=CCO3)[C@@H](O)C[C@@H]3O[C@@H]3[C@@H](O)C1)O2. The van der Waals surface area contributed by atoms with Gasteiger partial charge in [0.2, 0.25) is 0 Å². The van der Waals surface area contributed by atoms with Crippen LogP contribution in [-0.4, -0.2) is 71.6 Å². The molecule has 2 bridgehead atoms. The Balaban J connectivity index is 1.46. The van der Waals surface area contributed by atoms with Crippen molar-refractivity contribution in [3.05, 3.63) is 60.3 Å². The first-order valence-corrected chi connectivity index (χ1v) is 13.6. The maximum Gasteiger partial charge on any atom is 0.331 e. The van der Waals surface area contributed by atoms with Crippen molar-refractivity contribution < 1.29 is 34.0 Å². The van der Waals surface area contributed by atoms with E-state index in [0.29, 0.717) is 25.4 Å². The van der Waals surface area contributed by atoms with E-state index in [9.17, 15) is 15.0 Å². The minimum atomic E-state index is -0.980. The number of cyclic esters (lactones) is 1. The average Bonchev–Trinajstić information content (AvgIpc) is 3.60. The molecule has 204 valence electrons. The first-order chi connectivity index (χ1) is 17.8. The van der Waals surface area contributed by atoms with Crippen LogP contribution in [0.5, 0.6) is 0 Å². The highest BCUT2D eigenvalue weighted by Crippen LogP contribution is 2.34. The quantitative estimate of drug-likeness (QED) is 0.325. The van der Waals surface area contributed by atoms with Gasteiger partial charge in [0.05, 0.1) is 43.2 Å². The van der Waals surface area contributed by atoms with Crippen LogP contribution >= 0.6 is 0 Å². The second-order valence-corrected chi connectivity index (χ2v) is 11.0. The van der Waals surface area contributed by atoms with E-state index >= 15 is 0 Å². The van der Waals surface area contributed by atoms with Crippen molar-refractivity contribution in [1.29, 1.82) is 0 Å². The zero-order chi connectivity index (χ0) is 26.4. The first-order valence-electron chi connectivity index (χ1n) is 13.6. The fourth-order valence-corrected chi connectivity index (χ4v) is 5.44. The van der Waals surface area contributed by atoms with Crippen LogP contribution in [0.25, 0.3) is 0 Å². The van der Waals surface area contributed by atoms with Crippen LogP contribution < -0.4 is 0 Å². The number of carbonyl (C=O) groups is 1. The van der Waals surface area contributed by atoms with Gasteiger partial charge in [-0.2, -0.15) is 0 Å². The third kappa shape index (κ3) is 8.76. The summed E-state index contributed by atoms with van der Waals surface area (Å²) in [5.74, 6) is -0.149. The zero-order valence-corrected chi connectivity index (χ0v) is 22.0. The topological polar surface area (TPSA) is 97.8 Å². The standard InChI is InChI=1S/C30H42O7/c1-19-12-13-34-23(15-19)10-11-27-25(31)18-28-30(37-28)26(32)17-21(3)14-20(2)16-24-8-4-6-22(35-24)7-5-9-29(33)36-27/h4-6,9-12,20,22-28,30-32H,3,7-8,13-18H2,1-2H3/b9-5-,11-10+/t20-,22-,23+,24-,25-,26-,27-,28-,30+/m0/s1. The van der Waals surface area contributed by atoms with Crippen LogP contribution in [0.1, 0.15) is 58.8 Å². The van der Waals surface area contributed by atoms with Crippen molar-refractivity contribution in [2.45, 2.75) is 108 Å². The molecule has 4 heterocycles. The monoisotopic (exact) mass is 514 g/mol. The Bertz CT molecular complexity index is 919. The van der Waals surface area contributed by atoms with Gasteiger partial charge in [-0.3, -0.25) is 0 Å². The molecule has 1 saturated heterocycles. The lowest BCUT2D eigenvalue weighted by Gasteiger charge is -2.28. The van der Waals surface area contributed by atoms with Crippen molar-refractivity contribution in [3.8, 4) is 0 Å². The van der Waals surface area contributed by atoms with Gasteiger partial charge in [-0.15, -0.1) is 0 Å². The second-order valence-electron chi connectivity index (χ2n) is 11.0. The molecule has 0 radical (unpaired) electrons. The van der Waals surface area contributed by atoms with E-state index in [1.165, 1.54) is 11.6 Å². The third-order valence-corrected chi connectivity index (χ3v) is 7.43. The van der Waals surface area contributed by atoms with Crippen LogP contribution in [-0.2, 0) is 23.7 Å². The van der Waals surface area contributed by atoms with Gasteiger partial charge in [0, 0.05) is 12.5 Å². The van der Waals surface area contributed by atoms with E-state index in [0.717, 1.165) is 31.3 Å². The van der Waals surface area contributed by atoms with Gasteiger partial charge < -0.3 is 29.2 Å². The molecule has 0 unspecified atom stereocenters. The Labute approximate surface area is 220 Å². The molecule has 4 aliphatic heterocycles. The van der Waals surface area contributed by atoms with Gasteiger partial charge in [0.1, 0.15) is 12.2 Å². The second kappa shape index (κ2) is 13.2. The third-order valence-electron chi connectivity index (χ3n) is 7.43. The number of carbonyl (C=O) groups excluding carboxylic acids is 1. The maximum absolute atomic E-state index is 12.6. The summed E-state index contributed by atoms with van der Waals surface area (Å²) in [6.07, 6.45) is 14.3. The smallest absolute Gasteiger partial charge is 0.331 e. The normalized spacial score (nSPS) is 41.1. The van der Waals surface area contributed by atoms with Crippen LogP contribution in [0.3, 0.4) is 0 Å². The summed E-state index contributed by atoms with van der Waals surface area (Å²) in [6, 6.07) is 0. The molecule has 0 saturated carbocycles. The minimum absolute atomic E-state index is 0.0904. The van der Waals surface area contributed by atoms with Crippen LogP contribution in [0, 0.1) is 5.92 Å². The lowest BCUT2D eigenvalue weighted by Crippen LogP contribution is -2.32. The highest BCUT2D eigenvalue weighted by atomic mass is 16.6. The molecule has 37 heavy (non-hydrogen) atoms. The molecule has 4 rings (SSSR count). The summed E-state index contributed by atoms with van der Waals surface area (Å²) in [6.45, 7) is 8.96. The molecule has 0 amide bonds. The number of esters is 1. The van der Waals surface area contributed by atoms with Crippen molar-refractivity contribution in [1.82, 2.24) is 0 Å². The predicted octanol–water partition coefficient (Wildman–Crippen LogP) is 4.11. The molecule has 7 nitrogen and oxygen atoms in total. The molecule has 0 aromatic rings. The first kappa shape index (κ1) is 28.0. The molecule has 0 aromatic heterocycles. The highest BCUT2D eigenvalue weighted by Gasteiger charge is 2.46. The lowest BCUT2D eigenvalue weighted by molar-refractivity contribution is -0.145. The number of hydrogen-bond acceptors (Lipinski definition) is 7. The summed E-state index contributed by atoms with van der Waals surface area (Å²) < 4.78 is 23.3. The summed E-state index contributed by atoms with van der Waals surface area (Å²) in [4.78, 5) is 12.6. The number of hydrogen-bond donors (Lipinski definition) is 2. The highest BCUT2D eigenvalue weighted by molar-refractivity contribution is 5.82. The molecule has 1 fully saturated rings. The Morgan fingerprint density at radius 2 is 1.86 bits per heavy atom. The molecule has 0 spiro atoms. The predicted molar refractivity (Wildman–Crippen MR) is 141 cm³/mol. The van der Waals surface area contributed by atoms with E-state index < -0.39 is 24.3 Å². The van der Waals surface area contributed by atoms with Gasteiger partial charge in [-0.1, -0.05) is 55.0 Å². The molecule has 0 aromatic carbocycles. The molecule has 4 aliphatic rings. The van der Waals surface area contributed by atoms with E-state index in [1.54, 1.807) is 12.2 Å². The van der Waals surface area contributed by atoms with Crippen LogP contribution in [0.15, 0.2) is 60.3 Å². The number of fused-ring (bicyclic) bond motifs is 3. The van der Waals surface area contributed by atoms with E-state index in [2.05, 4.69) is 26.5 Å². The Hall–Kier alpha value is -2.03. The Kier molecular flexibility index (Phi) is 9.96. The Morgan fingerprint density at radius 3 is 2.68 bits per heavy atom. The van der Waals surface area contributed by atoms with Gasteiger partial charge in [0.15, 0.2) is 0 Å². The summed E-state index contributed by atoms with van der Waals surface area (Å²) >= 11 is 0. The molecule has 9 atom stereocenters. The number of aliphatic hydroxyl groups is 2. The average molecular weight is 515 g/mol. The fourth-order valence-electron chi connectivity index (χ4n) is 5.44. The number of epoxide rings is 1. The van der Waals surface area contributed by atoms with Crippen molar-refractivity contribution in [3.63, 3.8) is 0 Å². The van der Waals surface area contributed by atoms with Gasteiger partial charge in [0.25, 0.3) is 0 Å². The summed E-state index contributed by atoms with van der Waals surface area (Å²) in [7, 11) is 0. The van der Waals surface area contributed by atoms with Crippen molar-refractivity contribution >= 4 is 5.97 Å². The number of aliphatic hydroxyl groups excluding tert-OH is 2. The lowest BCUT2D eigenvalue weighted by atomic mass is 9.91. The largest absolute Gasteiger partial charge is 0.452 e. The molecular formula is C30H42O7. The van der Waals surface area contributed by atoms with E-state index in [-0.39, 0.29) is 36.9 Å². The Morgan fingerprint density at radius 1 is 1.03 bits per heavy atom. The minimum Gasteiger partial charge on any atom is -0.452 e. The van der Waals surface area contributed by atoms with Crippen molar-refractivity contribution in [2.24, 2.45) is 5.92 Å². The van der Waals surface area contributed by atoms with Crippen LogP contribution in [0.4, 0.5) is 0 Å². The molecule has 7 heteroatoms. The maximum atomic E-state index is 12.6. The zero-order valence-electron chi connectivity index (χ0n) is 22.0. The number of ether oxygens (including phenoxy) is 4. The van der Waals surface area contributed by atoms with Crippen LogP contribution in [0.2, 0.25) is 0 Å². The molecule has 0 aliphatic carbocycles. The van der Waals surface area contributed by atoms with Gasteiger partial charge in [-0.25, -0.2) is 4.79 Å². The summed E-state index contributed by atoms with van der Waals surface area (Å²) in [5, 5.41) is 21.7.